The van der Waals surface area contributed by atoms with Crippen LogP contribution in [0.4, 0.5) is 10.3 Å². The summed E-state index contributed by atoms with van der Waals surface area (Å²) in [6.45, 7) is 4.09. The van der Waals surface area contributed by atoms with Gasteiger partial charge in [-0.1, -0.05) is 44.2 Å². The Kier molecular flexibility index (Phi) is 6.36. The quantitative estimate of drug-likeness (QED) is 0.551. The van der Waals surface area contributed by atoms with Gasteiger partial charge < -0.3 is 10.8 Å². The summed E-state index contributed by atoms with van der Waals surface area (Å²) in [6.07, 6.45) is 2.94. The Bertz CT molecular complexity index is 1030. The fourth-order valence-corrected chi connectivity index (χ4v) is 3.92. The molecule has 4 N–H and O–H groups in total. The highest BCUT2D eigenvalue weighted by Crippen LogP contribution is 2.30. The van der Waals surface area contributed by atoms with Crippen molar-refractivity contribution in [1.29, 1.82) is 0 Å². The van der Waals surface area contributed by atoms with E-state index in [2.05, 4.69) is 14.7 Å². The molecular weight excluding hydrogens is 391 g/mol. The fraction of sp³-hybridized carbons (Fsp3) is 0.238. The van der Waals surface area contributed by atoms with Crippen LogP contribution in [0.5, 0.6) is 0 Å². The highest BCUT2D eigenvalue weighted by Gasteiger charge is 2.19. The van der Waals surface area contributed by atoms with Crippen molar-refractivity contribution < 1.29 is 13.7 Å². The average Bonchev–Trinajstić information content (AvgIpc) is 2.73. The number of halogens is 1. The van der Waals surface area contributed by atoms with Gasteiger partial charge in [-0.05, 0) is 23.3 Å². The summed E-state index contributed by atoms with van der Waals surface area (Å²) in [5.74, 6) is -0.315. The molecule has 0 amide bonds. The first-order valence-electron chi connectivity index (χ1n) is 9.04. The molecule has 3 rings (SSSR count). The minimum absolute atomic E-state index is 0.0274. The van der Waals surface area contributed by atoms with E-state index in [1.807, 2.05) is 19.9 Å². The van der Waals surface area contributed by atoms with Crippen LogP contribution in [0.15, 0.2) is 59.8 Å². The molecule has 0 aliphatic rings. The molecule has 1 aromatic heterocycles. The van der Waals surface area contributed by atoms with Crippen molar-refractivity contribution in [3.63, 3.8) is 0 Å². The largest absolute Gasteiger partial charge is 0.396 e. The highest BCUT2D eigenvalue weighted by molar-refractivity contribution is 7.83. The molecule has 1 unspecified atom stereocenters. The lowest BCUT2D eigenvalue weighted by Gasteiger charge is -2.22. The van der Waals surface area contributed by atoms with E-state index in [-0.39, 0.29) is 12.6 Å². The molecule has 3 aromatic rings. The molecule has 8 heteroatoms. The fourth-order valence-electron chi connectivity index (χ4n) is 2.66. The van der Waals surface area contributed by atoms with E-state index in [9.17, 15) is 13.7 Å². The summed E-state index contributed by atoms with van der Waals surface area (Å²) in [7, 11) is -1.51. The summed E-state index contributed by atoms with van der Waals surface area (Å²) in [5, 5.41) is 9.38. The lowest BCUT2D eigenvalue weighted by atomic mass is 9.96. The minimum atomic E-state index is -1.51. The lowest BCUT2D eigenvalue weighted by molar-refractivity contribution is 0.163. The van der Waals surface area contributed by atoms with Gasteiger partial charge in [-0.2, -0.15) is 0 Å². The van der Waals surface area contributed by atoms with Crippen LogP contribution in [0, 0.1) is 11.2 Å². The normalized spacial score (nSPS) is 12.7. The van der Waals surface area contributed by atoms with Crippen LogP contribution in [-0.4, -0.2) is 32.4 Å². The van der Waals surface area contributed by atoms with Gasteiger partial charge in [-0.15, -0.1) is 0 Å². The van der Waals surface area contributed by atoms with Gasteiger partial charge in [0.25, 0.3) is 0 Å². The Morgan fingerprint density at radius 1 is 1.10 bits per heavy atom. The molecule has 0 spiro atoms. The van der Waals surface area contributed by atoms with Crippen LogP contribution in [0.2, 0.25) is 0 Å². The summed E-state index contributed by atoms with van der Waals surface area (Å²) >= 11 is 0. The van der Waals surface area contributed by atoms with Gasteiger partial charge in [0, 0.05) is 42.1 Å². The molecule has 0 saturated heterocycles. The second kappa shape index (κ2) is 8.77. The molecule has 0 saturated carbocycles. The van der Waals surface area contributed by atoms with E-state index >= 15 is 0 Å². The third kappa shape index (κ3) is 5.03. The number of anilines is 1. The highest BCUT2D eigenvalue weighted by atomic mass is 32.2. The molecule has 2 aromatic carbocycles. The number of nitrogens with zero attached hydrogens (tertiary/aromatic N) is 2. The van der Waals surface area contributed by atoms with Crippen LogP contribution < -0.4 is 10.5 Å². The van der Waals surface area contributed by atoms with Gasteiger partial charge in [0.2, 0.25) is 5.95 Å². The maximum atomic E-state index is 14.8. The third-order valence-corrected chi connectivity index (χ3v) is 5.62. The van der Waals surface area contributed by atoms with Gasteiger partial charge in [0.15, 0.2) is 0 Å². The predicted molar refractivity (Wildman–Crippen MR) is 113 cm³/mol. The molecule has 0 fully saturated rings. The molecule has 1 heterocycles. The monoisotopic (exact) mass is 414 g/mol. The second-order valence-electron chi connectivity index (χ2n) is 7.43. The Hall–Kier alpha value is -2.68. The topological polar surface area (TPSA) is 101 Å². The number of aliphatic hydroxyl groups is 1. The smallest absolute Gasteiger partial charge is 0.219 e. The number of nitrogens with one attached hydrogen (secondary N) is 1. The summed E-state index contributed by atoms with van der Waals surface area (Å²) in [5.41, 5.74) is 7.23. The summed E-state index contributed by atoms with van der Waals surface area (Å²) in [4.78, 5) is 8.34. The van der Waals surface area contributed by atoms with E-state index in [1.165, 1.54) is 18.5 Å². The average molecular weight is 415 g/mol. The maximum absolute atomic E-state index is 14.8. The van der Waals surface area contributed by atoms with Crippen molar-refractivity contribution in [1.82, 2.24) is 14.7 Å². The van der Waals surface area contributed by atoms with E-state index < -0.39 is 22.2 Å². The SMILES string of the molecule is CC(C)(CO)CNS(=O)c1ccccc1-c1ccc(-c2cnc(N)nc2)c(F)c1. The number of hydrogen-bond acceptors (Lipinski definition) is 5. The van der Waals surface area contributed by atoms with Crippen molar-refractivity contribution in [3.8, 4) is 22.3 Å². The number of aromatic nitrogens is 2. The van der Waals surface area contributed by atoms with Gasteiger partial charge in [0.05, 0.1) is 4.90 Å². The first kappa shape index (κ1) is 21.0. The predicted octanol–water partition coefficient (Wildman–Crippen LogP) is 3.16. The maximum Gasteiger partial charge on any atom is 0.219 e. The second-order valence-corrected chi connectivity index (χ2v) is 8.70. The molecule has 0 bridgehead atoms. The van der Waals surface area contributed by atoms with Crippen molar-refractivity contribution >= 4 is 16.9 Å². The third-order valence-electron chi connectivity index (χ3n) is 4.46. The van der Waals surface area contributed by atoms with Crippen LogP contribution in [0.25, 0.3) is 22.3 Å². The zero-order chi connectivity index (χ0) is 21.0. The molecule has 152 valence electrons. The number of nitrogens with two attached hydrogens (primary N) is 1. The van der Waals surface area contributed by atoms with Crippen LogP contribution in [0.1, 0.15) is 13.8 Å². The van der Waals surface area contributed by atoms with Crippen LogP contribution in [-0.2, 0) is 11.0 Å². The summed E-state index contributed by atoms with van der Waals surface area (Å²) < 4.78 is 30.5. The number of benzene rings is 2. The zero-order valence-electron chi connectivity index (χ0n) is 16.2. The van der Waals surface area contributed by atoms with Crippen molar-refractivity contribution in [2.45, 2.75) is 18.7 Å². The Morgan fingerprint density at radius 2 is 1.79 bits per heavy atom. The van der Waals surface area contributed by atoms with Crippen LogP contribution in [0.3, 0.4) is 0 Å². The van der Waals surface area contributed by atoms with Crippen molar-refractivity contribution in [3.05, 3.63) is 60.7 Å². The molecule has 0 radical (unpaired) electrons. The minimum Gasteiger partial charge on any atom is -0.396 e. The first-order chi connectivity index (χ1) is 13.8. The van der Waals surface area contributed by atoms with Gasteiger partial charge in [-0.25, -0.2) is 23.3 Å². The number of aliphatic hydroxyl groups excluding tert-OH is 1. The zero-order valence-corrected chi connectivity index (χ0v) is 17.0. The van der Waals surface area contributed by atoms with Crippen molar-refractivity contribution in [2.24, 2.45) is 5.41 Å². The molecule has 0 aliphatic heterocycles. The Balaban J connectivity index is 1.90. The van der Waals surface area contributed by atoms with E-state index in [4.69, 9.17) is 5.73 Å². The number of nitrogen functional groups attached to an aromatic ring is 1. The first-order valence-corrected chi connectivity index (χ1v) is 10.2. The van der Waals surface area contributed by atoms with E-state index in [0.717, 1.165) is 0 Å². The molecule has 1 atom stereocenters. The van der Waals surface area contributed by atoms with Crippen LogP contribution >= 0.6 is 0 Å². The van der Waals surface area contributed by atoms with E-state index in [0.29, 0.717) is 33.7 Å². The molecule has 6 nitrogen and oxygen atoms in total. The van der Waals surface area contributed by atoms with Gasteiger partial charge in [0.1, 0.15) is 16.8 Å². The Labute approximate surface area is 171 Å². The molecule has 29 heavy (non-hydrogen) atoms. The standard InChI is InChI=1S/C21H23FN4O2S/c1-21(2,13-27)12-26-29(28)19-6-4-3-5-17(19)14-7-8-16(18(22)9-14)15-10-24-20(23)25-11-15/h3-11,26-27H,12-13H2,1-2H3,(H2,23,24,25). The van der Waals surface area contributed by atoms with Crippen molar-refractivity contribution in [2.75, 3.05) is 18.9 Å². The Morgan fingerprint density at radius 3 is 2.45 bits per heavy atom. The number of rotatable bonds is 7. The summed E-state index contributed by atoms with van der Waals surface area (Å²) in [6, 6.07) is 11.9. The van der Waals surface area contributed by atoms with Gasteiger partial charge >= 0.3 is 0 Å². The van der Waals surface area contributed by atoms with Gasteiger partial charge in [-0.3, -0.25) is 0 Å². The number of hydrogen-bond donors (Lipinski definition) is 3. The molecular formula is C21H23FN4O2S. The van der Waals surface area contributed by atoms with E-state index in [1.54, 1.807) is 30.3 Å². The molecule has 0 aliphatic carbocycles. The lowest BCUT2D eigenvalue weighted by Crippen LogP contribution is -2.33.